The Morgan fingerprint density at radius 2 is 0.941 bits per heavy atom. The first-order valence-electron chi connectivity index (χ1n) is 15.1. The molecule has 0 aromatic heterocycles. The second-order valence-corrected chi connectivity index (χ2v) is 11.3. The van der Waals surface area contributed by atoms with Crippen LogP contribution in [0.3, 0.4) is 0 Å². The van der Waals surface area contributed by atoms with Gasteiger partial charge in [-0.05, 0) is 59.7 Å². The number of unbranched alkanes of at least 4 members (excludes halogenated alkanes) is 16. The molecule has 0 fully saturated rings. The highest BCUT2D eigenvalue weighted by atomic mass is 16.6. The molecule has 1 N–H and O–H groups in total. The van der Waals surface area contributed by atoms with Gasteiger partial charge in [0, 0.05) is 6.54 Å². The lowest BCUT2D eigenvalue weighted by Crippen LogP contribution is -2.35. The number of hydrogen-bond donors (Lipinski definition) is 1. The molecule has 0 heterocycles. The van der Waals surface area contributed by atoms with Gasteiger partial charge in [0.15, 0.2) is 0 Å². The molecular weight excluding hydrogens is 420 g/mol. The van der Waals surface area contributed by atoms with Gasteiger partial charge in [0.05, 0.1) is 0 Å². The molecule has 0 aliphatic heterocycles. The van der Waals surface area contributed by atoms with Crippen LogP contribution in [0.4, 0.5) is 4.79 Å². The minimum atomic E-state index is -0.428. The highest BCUT2D eigenvalue weighted by Gasteiger charge is 2.15. The summed E-state index contributed by atoms with van der Waals surface area (Å²) < 4.78 is 5.34. The third kappa shape index (κ3) is 25.8. The highest BCUT2D eigenvalue weighted by molar-refractivity contribution is 5.67. The number of nitrogens with one attached hydrogen (secondary N) is 1. The fourth-order valence-electron chi connectivity index (χ4n) is 4.43. The summed E-state index contributed by atoms with van der Waals surface area (Å²) in [6.07, 6.45) is 25.6. The van der Waals surface area contributed by atoms with Crippen molar-refractivity contribution in [1.29, 1.82) is 0 Å². The highest BCUT2D eigenvalue weighted by Crippen LogP contribution is 2.13. The van der Waals surface area contributed by atoms with E-state index in [1.807, 2.05) is 20.8 Å². The molecule has 0 aromatic carbocycles. The fourth-order valence-corrected chi connectivity index (χ4v) is 4.43. The molecule has 4 heteroatoms. The van der Waals surface area contributed by atoms with Gasteiger partial charge >= 0.3 is 6.09 Å². The van der Waals surface area contributed by atoms with Crippen LogP contribution in [0.2, 0.25) is 0 Å². The molecule has 0 rings (SSSR count). The molecular formula is C30H62N2O2. The first kappa shape index (κ1) is 33.2. The molecule has 0 radical (unpaired) electrons. The number of carbonyl (C=O) groups is 1. The lowest BCUT2D eigenvalue weighted by molar-refractivity contribution is 0.0525. The predicted molar refractivity (Wildman–Crippen MR) is 150 cm³/mol. The van der Waals surface area contributed by atoms with Crippen LogP contribution in [0, 0.1) is 0 Å². The van der Waals surface area contributed by atoms with Crippen molar-refractivity contribution in [3.05, 3.63) is 0 Å². The molecule has 0 unspecified atom stereocenters. The maximum Gasteiger partial charge on any atom is 0.407 e. The van der Waals surface area contributed by atoms with Gasteiger partial charge in [-0.25, -0.2) is 4.79 Å². The van der Waals surface area contributed by atoms with Gasteiger partial charge in [-0.15, -0.1) is 0 Å². The Morgan fingerprint density at radius 1 is 0.588 bits per heavy atom. The van der Waals surface area contributed by atoms with E-state index < -0.39 is 5.60 Å². The van der Waals surface area contributed by atoms with Gasteiger partial charge < -0.3 is 15.0 Å². The number of carbonyl (C=O) groups excluding carboxylic acids is 1. The van der Waals surface area contributed by atoms with Crippen LogP contribution < -0.4 is 5.32 Å². The van der Waals surface area contributed by atoms with Gasteiger partial charge in [-0.3, -0.25) is 0 Å². The van der Waals surface area contributed by atoms with E-state index >= 15 is 0 Å². The molecule has 0 saturated heterocycles. The molecule has 0 bridgehead atoms. The van der Waals surface area contributed by atoms with Crippen molar-refractivity contribution >= 4 is 6.09 Å². The van der Waals surface area contributed by atoms with E-state index in [0.29, 0.717) is 6.54 Å². The van der Waals surface area contributed by atoms with Crippen LogP contribution in [-0.4, -0.2) is 42.8 Å². The lowest BCUT2D eigenvalue weighted by atomic mass is 10.1. The Labute approximate surface area is 214 Å². The van der Waals surface area contributed by atoms with Crippen LogP contribution in [-0.2, 0) is 4.74 Å². The predicted octanol–water partition coefficient (Wildman–Crippen LogP) is 9.26. The SMILES string of the molecule is CCCCCCCCCCCCCCN(CCCCCCCC)CCCNC(=O)OC(C)(C)C. The Balaban J connectivity index is 3.94. The largest absolute Gasteiger partial charge is 0.444 e. The maximum absolute atomic E-state index is 11.9. The summed E-state index contributed by atoms with van der Waals surface area (Å²) in [4.78, 5) is 14.5. The second kappa shape index (κ2) is 23.9. The number of nitrogens with zero attached hydrogens (tertiary/aromatic N) is 1. The summed E-state index contributed by atoms with van der Waals surface area (Å²) in [7, 11) is 0. The topological polar surface area (TPSA) is 41.6 Å². The first-order chi connectivity index (χ1) is 16.4. The van der Waals surface area contributed by atoms with Crippen LogP contribution in [0.1, 0.15) is 157 Å². The van der Waals surface area contributed by atoms with Crippen molar-refractivity contribution in [3.8, 4) is 0 Å². The molecule has 0 spiro atoms. The second-order valence-electron chi connectivity index (χ2n) is 11.3. The third-order valence-electron chi connectivity index (χ3n) is 6.48. The van der Waals surface area contributed by atoms with Crippen molar-refractivity contribution in [3.63, 3.8) is 0 Å². The van der Waals surface area contributed by atoms with E-state index in [0.717, 1.165) is 13.0 Å². The quantitative estimate of drug-likeness (QED) is 0.139. The standard InChI is InChI=1S/C30H62N2O2/c1-6-8-10-12-14-15-16-17-18-19-21-23-27-32(26-22-20-13-11-9-7-2)28-24-25-31-29(33)34-30(3,4)5/h6-28H2,1-5H3,(H,31,33). The van der Waals surface area contributed by atoms with Crippen LogP contribution in [0.25, 0.3) is 0 Å². The zero-order valence-corrected chi connectivity index (χ0v) is 24.0. The van der Waals surface area contributed by atoms with Crippen LogP contribution in [0.5, 0.6) is 0 Å². The van der Waals surface area contributed by atoms with E-state index in [4.69, 9.17) is 4.74 Å². The monoisotopic (exact) mass is 482 g/mol. The zero-order valence-electron chi connectivity index (χ0n) is 24.0. The normalized spacial score (nSPS) is 11.8. The van der Waals surface area contributed by atoms with Crippen LogP contribution in [0.15, 0.2) is 0 Å². The number of amides is 1. The third-order valence-corrected chi connectivity index (χ3v) is 6.48. The molecule has 1 amide bonds. The molecule has 0 aliphatic rings. The Hall–Kier alpha value is -0.770. The molecule has 0 aromatic rings. The number of rotatable bonds is 24. The van der Waals surface area contributed by atoms with Crippen molar-refractivity contribution in [2.45, 2.75) is 162 Å². The van der Waals surface area contributed by atoms with Gasteiger partial charge in [0.25, 0.3) is 0 Å². The summed E-state index contributed by atoms with van der Waals surface area (Å²) in [6, 6.07) is 0. The Kier molecular flexibility index (Phi) is 23.4. The number of alkyl carbamates (subject to hydrolysis) is 1. The van der Waals surface area contributed by atoms with Gasteiger partial charge in [0.1, 0.15) is 5.60 Å². The summed E-state index contributed by atoms with van der Waals surface area (Å²) in [6.45, 7) is 14.5. The Bertz CT molecular complexity index is 434. The minimum Gasteiger partial charge on any atom is -0.444 e. The Morgan fingerprint density at radius 3 is 1.32 bits per heavy atom. The minimum absolute atomic E-state index is 0.295. The average molecular weight is 483 g/mol. The number of ether oxygens (including phenoxy) is 1. The molecule has 0 atom stereocenters. The van der Waals surface area contributed by atoms with Crippen molar-refractivity contribution in [2.75, 3.05) is 26.2 Å². The maximum atomic E-state index is 11.9. The van der Waals surface area contributed by atoms with Crippen LogP contribution >= 0.6 is 0 Å². The summed E-state index contributed by atoms with van der Waals surface area (Å²) in [5.74, 6) is 0. The summed E-state index contributed by atoms with van der Waals surface area (Å²) in [5.41, 5.74) is -0.428. The smallest absolute Gasteiger partial charge is 0.407 e. The van der Waals surface area contributed by atoms with Gasteiger partial charge in [-0.1, -0.05) is 117 Å². The lowest BCUT2D eigenvalue weighted by Gasteiger charge is -2.23. The molecule has 0 saturated carbocycles. The first-order valence-corrected chi connectivity index (χ1v) is 15.1. The van der Waals surface area contributed by atoms with Gasteiger partial charge in [-0.2, -0.15) is 0 Å². The van der Waals surface area contributed by atoms with Gasteiger partial charge in [0.2, 0.25) is 0 Å². The van der Waals surface area contributed by atoms with Crippen molar-refractivity contribution in [1.82, 2.24) is 10.2 Å². The van der Waals surface area contributed by atoms with Crippen molar-refractivity contribution in [2.24, 2.45) is 0 Å². The molecule has 0 aliphatic carbocycles. The van der Waals surface area contributed by atoms with E-state index in [2.05, 4.69) is 24.1 Å². The van der Waals surface area contributed by atoms with E-state index in [9.17, 15) is 4.79 Å². The fraction of sp³-hybridized carbons (Fsp3) is 0.967. The summed E-state index contributed by atoms with van der Waals surface area (Å²) >= 11 is 0. The summed E-state index contributed by atoms with van der Waals surface area (Å²) in [5, 5.41) is 2.91. The van der Waals surface area contributed by atoms with E-state index in [1.54, 1.807) is 0 Å². The van der Waals surface area contributed by atoms with E-state index in [1.165, 1.54) is 129 Å². The molecule has 4 nitrogen and oxygen atoms in total. The van der Waals surface area contributed by atoms with E-state index in [-0.39, 0.29) is 6.09 Å². The van der Waals surface area contributed by atoms with Crippen molar-refractivity contribution < 1.29 is 9.53 Å². The molecule has 34 heavy (non-hydrogen) atoms. The number of hydrogen-bond acceptors (Lipinski definition) is 3. The average Bonchev–Trinajstić information content (AvgIpc) is 2.78. The zero-order chi connectivity index (χ0) is 25.3. The molecule has 204 valence electrons.